The van der Waals surface area contributed by atoms with Crippen molar-refractivity contribution in [1.29, 1.82) is 0 Å². The molecule has 0 fully saturated rings. The summed E-state index contributed by atoms with van der Waals surface area (Å²) in [6.07, 6.45) is 4.17. The topological polar surface area (TPSA) is 30.5 Å². The number of rotatable bonds is 6. The number of benzene rings is 2. The monoisotopic (exact) mass is 269 g/mol. The lowest BCUT2D eigenvalue weighted by molar-refractivity contribution is 0.395. The fourth-order valence-electron chi connectivity index (χ4n) is 1.87. The van der Waals surface area contributed by atoms with Crippen molar-refractivity contribution < 1.29 is 9.47 Å². The molecular weight excluding hydrogens is 250 g/mol. The number of nitrogens with one attached hydrogen (secondary N) is 1. The Morgan fingerprint density at radius 1 is 1.00 bits per heavy atom. The van der Waals surface area contributed by atoms with Crippen LogP contribution in [-0.4, -0.2) is 20.8 Å². The summed E-state index contributed by atoms with van der Waals surface area (Å²) >= 11 is 0. The van der Waals surface area contributed by atoms with E-state index >= 15 is 0 Å². The first-order valence-electron chi connectivity index (χ1n) is 6.51. The van der Waals surface area contributed by atoms with Crippen LogP contribution in [0.3, 0.4) is 0 Å². The summed E-state index contributed by atoms with van der Waals surface area (Å²) in [5.41, 5.74) is 2.14. The van der Waals surface area contributed by atoms with Crippen molar-refractivity contribution in [2.45, 2.75) is 0 Å². The summed E-state index contributed by atoms with van der Waals surface area (Å²) < 4.78 is 10.5. The van der Waals surface area contributed by atoms with Gasteiger partial charge in [-0.15, -0.1) is 0 Å². The van der Waals surface area contributed by atoms with Crippen molar-refractivity contribution in [1.82, 2.24) is 0 Å². The van der Waals surface area contributed by atoms with Gasteiger partial charge < -0.3 is 14.8 Å². The highest BCUT2D eigenvalue weighted by Gasteiger charge is 2.03. The smallest absolute Gasteiger partial charge is 0.145 e. The Labute approximate surface area is 119 Å². The van der Waals surface area contributed by atoms with Crippen molar-refractivity contribution in [3.8, 4) is 11.5 Å². The molecule has 2 aromatic rings. The summed E-state index contributed by atoms with van der Waals surface area (Å²) in [6.45, 7) is 0.734. The van der Waals surface area contributed by atoms with Crippen LogP contribution in [0.5, 0.6) is 11.5 Å². The van der Waals surface area contributed by atoms with Crippen LogP contribution in [0.25, 0.3) is 6.08 Å². The molecule has 0 unspecified atom stereocenters. The number of ether oxygens (including phenoxy) is 2. The quantitative estimate of drug-likeness (QED) is 0.864. The highest BCUT2D eigenvalue weighted by molar-refractivity contribution is 5.60. The second kappa shape index (κ2) is 7.24. The lowest BCUT2D eigenvalue weighted by Crippen LogP contribution is -2.00. The molecule has 0 aliphatic rings. The molecule has 2 aromatic carbocycles. The Kier molecular flexibility index (Phi) is 5.07. The normalized spacial score (nSPS) is 10.5. The first-order chi connectivity index (χ1) is 9.83. The molecule has 0 saturated carbocycles. The molecule has 104 valence electrons. The maximum Gasteiger partial charge on any atom is 0.145 e. The molecule has 0 heterocycles. The first kappa shape index (κ1) is 14.0. The van der Waals surface area contributed by atoms with Gasteiger partial charge in [0.05, 0.1) is 19.9 Å². The molecule has 0 amide bonds. The Morgan fingerprint density at radius 3 is 2.50 bits per heavy atom. The minimum atomic E-state index is 0.734. The van der Waals surface area contributed by atoms with Gasteiger partial charge in [-0.3, -0.25) is 0 Å². The van der Waals surface area contributed by atoms with Gasteiger partial charge in [-0.05, 0) is 17.7 Å². The predicted octanol–water partition coefficient (Wildman–Crippen LogP) is 3.83. The van der Waals surface area contributed by atoms with Gasteiger partial charge in [0, 0.05) is 12.6 Å². The van der Waals surface area contributed by atoms with Crippen molar-refractivity contribution >= 4 is 11.8 Å². The number of methoxy groups -OCH3 is 2. The van der Waals surface area contributed by atoms with E-state index in [0.717, 1.165) is 23.7 Å². The van der Waals surface area contributed by atoms with E-state index in [9.17, 15) is 0 Å². The predicted molar refractivity (Wildman–Crippen MR) is 83.5 cm³/mol. The summed E-state index contributed by atoms with van der Waals surface area (Å²) in [6, 6.07) is 15.9. The Balaban J connectivity index is 1.95. The molecule has 0 radical (unpaired) electrons. The van der Waals surface area contributed by atoms with Gasteiger partial charge in [-0.2, -0.15) is 0 Å². The largest absolute Gasteiger partial charge is 0.497 e. The molecule has 0 aromatic heterocycles. The average Bonchev–Trinajstić information content (AvgIpc) is 2.52. The number of anilines is 1. The summed E-state index contributed by atoms with van der Waals surface area (Å²) in [5.74, 6) is 1.56. The van der Waals surface area contributed by atoms with Crippen LogP contribution < -0.4 is 14.8 Å². The molecule has 20 heavy (non-hydrogen) atoms. The summed E-state index contributed by atoms with van der Waals surface area (Å²) in [4.78, 5) is 0. The third-order valence-corrected chi connectivity index (χ3v) is 2.93. The fraction of sp³-hybridized carbons (Fsp3) is 0.176. The zero-order valence-electron chi connectivity index (χ0n) is 11.8. The van der Waals surface area contributed by atoms with Gasteiger partial charge in [0.25, 0.3) is 0 Å². The molecule has 0 bridgehead atoms. The second-order valence-electron chi connectivity index (χ2n) is 4.26. The maximum atomic E-state index is 5.34. The summed E-state index contributed by atoms with van der Waals surface area (Å²) in [5, 5.41) is 3.32. The zero-order chi connectivity index (χ0) is 14.2. The molecule has 3 nitrogen and oxygen atoms in total. The van der Waals surface area contributed by atoms with Crippen LogP contribution in [0, 0.1) is 0 Å². The Hall–Kier alpha value is -2.42. The van der Waals surface area contributed by atoms with E-state index < -0.39 is 0 Å². The Bertz CT molecular complexity index is 564. The lowest BCUT2D eigenvalue weighted by Gasteiger charge is -2.11. The molecule has 2 rings (SSSR count). The highest BCUT2D eigenvalue weighted by Crippen LogP contribution is 2.28. The second-order valence-corrected chi connectivity index (χ2v) is 4.26. The first-order valence-corrected chi connectivity index (χ1v) is 6.51. The van der Waals surface area contributed by atoms with E-state index in [0.29, 0.717) is 0 Å². The average molecular weight is 269 g/mol. The van der Waals surface area contributed by atoms with E-state index in [1.807, 2.05) is 36.4 Å². The highest BCUT2D eigenvalue weighted by atomic mass is 16.5. The van der Waals surface area contributed by atoms with Gasteiger partial charge in [-0.1, -0.05) is 42.5 Å². The van der Waals surface area contributed by atoms with Gasteiger partial charge in [0.1, 0.15) is 11.5 Å². The van der Waals surface area contributed by atoms with Crippen LogP contribution in [0.1, 0.15) is 5.56 Å². The maximum absolute atomic E-state index is 5.34. The fourth-order valence-corrected chi connectivity index (χ4v) is 1.87. The van der Waals surface area contributed by atoms with Crippen molar-refractivity contribution in [3.05, 3.63) is 60.2 Å². The standard InChI is InChI=1S/C17H19NO2/c1-19-15-10-11-16(17(13-15)20-2)18-12-6-9-14-7-4-3-5-8-14/h3-11,13,18H,12H2,1-2H3. The van der Waals surface area contributed by atoms with E-state index in [4.69, 9.17) is 9.47 Å². The van der Waals surface area contributed by atoms with Crippen molar-refractivity contribution in [2.24, 2.45) is 0 Å². The third kappa shape index (κ3) is 3.79. The molecule has 3 heteroatoms. The van der Waals surface area contributed by atoms with Gasteiger partial charge in [0.15, 0.2) is 0 Å². The van der Waals surface area contributed by atoms with Crippen LogP contribution in [0.15, 0.2) is 54.6 Å². The van der Waals surface area contributed by atoms with E-state index in [2.05, 4.69) is 29.6 Å². The summed E-state index contributed by atoms with van der Waals surface area (Å²) in [7, 11) is 3.30. The Morgan fingerprint density at radius 2 is 1.80 bits per heavy atom. The van der Waals surface area contributed by atoms with Crippen LogP contribution in [0.2, 0.25) is 0 Å². The van der Waals surface area contributed by atoms with Gasteiger partial charge in [0.2, 0.25) is 0 Å². The molecule has 0 saturated heterocycles. The molecular formula is C17H19NO2. The lowest BCUT2D eigenvalue weighted by atomic mass is 10.2. The number of hydrogen-bond donors (Lipinski definition) is 1. The molecule has 1 N–H and O–H groups in total. The molecule has 0 spiro atoms. The van der Waals surface area contributed by atoms with Crippen LogP contribution >= 0.6 is 0 Å². The van der Waals surface area contributed by atoms with Crippen LogP contribution in [0.4, 0.5) is 5.69 Å². The zero-order valence-corrected chi connectivity index (χ0v) is 11.8. The van der Waals surface area contributed by atoms with Crippen molar-refractivity contribution in [3.63, 3.8) is 0 Å². The molecule has 0 atom stereocenters. The van der Waals surface area contributed by atoms with Gasteiger partial charge in [-0.25, -0.2) is 0 Å². The minimum Gasteiger partial charge on any atom is -0.497 e. The molecule has 0 aliphatic heterocycles. The van der Waals surface area contributed by atoms with Crippen molar-refractivity contribution in [2.75, 3.05) is 26.1 Å². The van der Waals surface area contributed by atoms with E-state index in [1.165, 1.54) is 5.56 Å². The number of hydrogen-bond acceptors (Lipinski definition) is 3. The van der Waals surface area contributed by atoms with Crippen LogP contribution in [-0.2, 0) is 0 Å². The molecule has 0 aliphatic carbocycles. The minimum absolute atomic E-state index is 0.734. The van der Waals surface area contributed by atoms with Gasteiger partial charge >= 0.3 is 0 Å². The van der Waals surface area contributed by atoms with E-state index in [1.54, 1.807) is 14.2 Å². The third-order valence-electron chi connectivity index (χ3n) is 2.93. The SMILES string of the molecule is COc1ccc(NCC=Cc2ccccc2)c(OC)c1. The van der Waals surface area contributed by atoms with E-state index in [-0.39, 0.29) is 0 Å².